The number of benzene rings is 1. The monoisotopic (exact) mass is 300 g/mol. The summed E-state index contributed by atoms with van der Waals surface area (Å²) in [6, 6.07) is 10.0. The van der Waals surface area contributed by atoms with Gasteiger partial charge in [-0.25, -0.2) is 0 Å². The van der Waals surface area contributed by atoms with Crippen LogP contribution >= 0.6 is 0 Å². The molecule has 1 fully saturated rings. The molecule has 1 heterocycles. The van der Waals surface area contributed by atoms with Crippen LogP contribution in [-0.2, 0) is 16.1 Å². The van der Waals surface area contributed by atoms with Crippen LogP contribution in [0.3, 0.4) is 0 Å². The van der Waals surface area contributed by atoms with Crippen LogP contribution in [0.25, 0.3) is 10.9 Å². The number of amides is 1. The molecule has 22 heavy (non-hydrogen) atoms. The number of nitrogens with one attached hydrogen (secondary N) is 1. The number of rotatable bonds is 4. The molecule has 1 aromatic carbocycles. The molecule has 2 aromatic rings. The van der Waals surface area contributed by atoms with Crippen LogP contribution in [-0.4, -0.2) is 27.6 Å². The van der Waals surface area contributed by atoms with Crippen molar-refractivity contribution in [3.05, 3.63) is 36.0 Å². The minimum atomic E-state index is -0.760. The van der Waals surface area contributed by atoms with E-state index in [2.05, 4.69) is 11.4 Å². The molecule has 0 bridgehead atoms. The Bertz CT molecular complexity index is 720. The van der Waals surface area contributed by atoms with Crippen LogP contribution in [0.5, 0.6) is 0 Å². The van der Waals surface area contributed by atoms with Crippen molar-refractivity contribution in [2.24, 2.45) is 5.92 Å². The zero-order valence-corrected chi connectivity index (χ0v) is 12.6. The molecular weight excluding hydrogens is 280 g/mol. The fourth-order valence-electron chi connectivity index (χ4n) is 3.31. The number of carbonyl (C=O) groups is 2. The van der Waals surface area contributed by atoms with Gasteiger partial charge >= 0.3 is 5.97 Å². The molecule has 1 aromatic heterocycles. The Morgan fingerprint density at radius 1 is 1.32 bits per heavy atom. The van der Waals surface area contributed by atoms with Gasteiger partial charge in [0.05, 0.1) is 5.92 Å². The van der Waals surface area contributed by atoms with Crippen LogP contribution in [0.2, 0.25) is 0 Å². The van der Waals surface area contributed by atoms with Crippen molar-refractivity contribution in [2.75, 3.05) is 0 Å². The molecule has 5 heteroatoms. The van der Waals surface area contributed by atoms with E-state index in [0.29, 0.717) is 12.8 Å². The van der Waals surface area contributed by atoms with E-state index in [0.717, 1.165) is 23.0 Å². The first-order valence-electron chi connectivity index (χ1n) is 7.61. The van der Waals surface area contributed by atoms with E-state index in [-0.39, 0.29) is 24.4 Å². The minimum Gasteiger partial charge on any atom is -0.481 e. The number of aryl methyl sites for hydroxylation is 1. The predicted molar refractivity (Wildman–Crippen MR) is 83.6 cm³/mol. The van der Waals surface area contributed by atoms with Crippen LogP contribution in [0.4, 0.5) is 0 Å². The average molecular weight is 300 g/mol. The van der Waals surface area contributed by atoms with Gasteiger partial charge in [0.25, 0.3) is 0 Å². The first kappa shape index (κ1) is 14.6. The number of carbonyl (C=O) groups excluding carboxylic acids is 1. The van der Waals surface area contributed by atoms with Crippen LogP contribution < -0.4 is 5.32 Å². The van der Waals surface area contributed by atoms with Gasteiger partial charge in [0.15, 0.2) is 0 Å². The second-order valence-corrected chi connectivity index (χ2v) is 6.04. The first-order chi connectivity index (χ1) is 10.5. The molecule has 1 amide bonds. The maximum atomic E-state index is 12.3. The maximum absolute atomic E-state index is 12.3. The van der Waals surface area contributed by atoms with Crippen molar-refractivity contribution in [2.45, 2.75) is 38.8 Å². The second-order valence-electron chi connectivity index (χ2n) is 6.04. The first-order valence-corrected chi connectivity index (χ1v) is 7.61. The Balaban J connectivity index is 1.67. The summed E-state index contributed by atoms with van der Waals surface area (Å²) in [5, 5.41) is 13.1. The summed E-state index contributed by atoms with van der Waals surface area (Å²) in [7, 11) is 0. The number of aromatic nitrogens is 1. The highest BCUT2D eigenvalue weighted by Gasteiger charge is 2.30. The number of hydrogen-bond donors (Lipinski definition) is 2. The van der Waals surface area contributed by atoms with Crippen LogP contribution in [0.1, 0.15) is 25.0 Å². The Hall–Kier alpha value is -2.30. The topological polar surface area (TPSA) is 71.3 Å². The van der Waals surface area contributed by atoms with Gasteiger partial charge < -0.3 is 15.0 Å². The fourth-order valence-corrected chi connectivity index (χ4v) is 3.31. The number of hydrogen-bond acceptors (Lipinski definition) is 2. The molecule has 3 rings (SSSR count). The third kappa shape index (κ3) is 2.84. The number of carboxylic acid groups (broad SMARTS) is 1. The Labute approximate surface area is 128 Å². The van der Waals surface area contributed by atoms with Crippen molar-refractivity contribution in [3.63, 3.8) is 0 Å². The molecule has 2 atom stereocenters. The minimum absolute atomic E-state index is 0.0178. The molecule has 2 N–H and O–H groups in total. The van der Waals surface area contributed by atoms with E-state index < -0.39 is 5.97 Å². The lowest BCUT2D eigenvalue weighted by atomic mass is 10.1. The smallest absolute Gasteiger partial charge is 0.306 e. The molecule has 0 unspecified atom stereocenters. The molecule has 1 saturated carbocycles. The number of fused-ring (bicyclic) bond motifs is 1. The molecule has 116 valence electrons. The van der Waals surface area contributed by atoms with Gasteiger partial charge in [-0.05, 0) is 43.7 Å². The van der Waals surface area contributed by atoms with Gasteiger partial charge in [-0.2, -0.15) is 0 Å². The van der Waals surface area contributed by atoms with Gasteiger partial charge in [0.1, 0.15) is 6.54 Å². The van der Waals surface area contributed by atoms with E-state index in [1.165, 1.54) is 0 Å². The number of nitrogens with zero attached hydrogens (tertiary/aromatic N) is 1. The Morgan fingerprint density at radius 3 is 2.82 bits per heavy atom. The predicted octanol–water partition coefficient (Wildman–Crippen LogP) is 2.32. The summed E-state index contributed by atoms with van der Waals surface area (Å²) in [4.78, 5) is 23.2. The summed E-state index contributed by atoms with van der Waals surface area (Å²) < 4.78 is 1.99. The summed E-state index contributed by atoms with van der Waals surface area (Å²) >= 11 is 0. The van der Waals surface area contributed by atoms with E-state index in [4.69, 9.17) is 5.11 Å². The lowest BCUT2D eigenvalue weighted by Gasteiger charge is -2.14. The fraction of sp³-hybridized carbons (Fsp3) is 0.412. The molecule has 0 aliphatic heterocycles. The SMILES string of the molecule is Cc1cc2ccccc2n1CC(=O)N[C@H]1CC[C@@H](C(=O)O)C1. The lowest BCUT2D eigenvalue weighted by Crippen LogP contribution is -2.35. The molecule has 0 radical (unpaired) electrons. The molecule has 1 aliphatic rings. The number of aliphatic carboxylic acids is 1. The van der Waals surface area contributed by atoms with Crippen LogP contribution in [0.15, 0.2) is 30.3 Å². The highest BCUT2D eigenvalue weighted by molar-refractivity contribution is 5.84. The van der Waals surface area contributed by atoms with Crippen LogP contribution in [0, 0.1) is 12.8 Å². The van der Waals surface area contributed by atoms with E-state index in [1.807, 2.05) is 35.8 Å². The quantitative estimate of drug-likeness (QED) is 0.910. The number of para-hydroxylation sites is 1. The Kier molecular flexibility index (Phi) is 3.88. The van der Waals surface area contributed by atoms with Gasteiger partial charge in [-0.3, -0.25) is 9.59 Å². The van der Waals surface area contributed by atoms with Gasteiger partial charge in [-0.15, -0.1) is 0 Å². The highest BCUT2D eigenvalue weighted by atomic mass is 16.4. The molecule has 0 spiro atoms. The highest BCUT2D eigenvalue weighted by Crippen LogP contribution is 2.26. The van der Waals surface area contributed by atoms with Crippen molar-refractivity contribution in [3.8, 4) is 0 Å². The summed E-state index contributed by atoms with van der Waals surface area (Å²) in [6.07, 6.45) is 1.92. The number of carboxylic acids is 1. The van der Waals surface area contributed by atoms with Crippen molar-refractivity contribution < 1.29 is 14.7 Å². The maximum Gasteiger partial charge on any atom is 0.306 e. The van der Waals surface area contributed by atoms with E-state index >= 15 is 0 Å². The molecule has 1 aliphatic carbocycles. The molecule has 0 saturated heterocycles. The summed E-state index contributed by atoms with van der Waals surface area (Å²) in [5.74, 6) is -1.14. The van der Waals surface area contributed by atoms with Gasteiger partial charge in [0, 0.05) is 17.3 Å². The van der Waals surface area contributed by atoms with E-state index in [1.54, 1.807) is 0 Å². The third-order valence-corrected chi connectivity index (χ3v) is 4.47. The summed E-state index contributed by atoms with van der Waals surface area (Å²) in [6.45, 7) is 2.26. The van der Waals surface area contributed by atoms with Crippen molar-refractivity contribution >= 4 is 22.8 Å². The van der Waals surface area contributed by atoms with Crippen molar-refractivity contribution in [1.29, 1.82) is 0 Å². The zero-order valence-electron chi connectivity index (χ0n) is 12.6. The van der Waals surface area contributed by atoms with E-state index in [9.17, 15) is 9.59 Å². The summed E-state index contributed by atoms with van der Waals surface area (Å²) in [5.41, 5.74) is 2.09. The zero-order chi connectivity index (χ0) is 15.7. The Morgan fingerprint density at radius 2 is 2.09 bits per heavy atom. The lowest BCUT2D eigenvalue weighted by molar-refractivity contribution is -0.141. The normalized spacial score (nSPS) is 21.1. The second kappa shape index (κ2) is 5.83. The van der Waals surface area contributed by atoms with Crippen molar-refractivity contribution in [1.82, 2.24) is 9.88 Å². The standard InChI is InChI=1S/C17H20N2O3/c1-11-8-12-4-2-3-5-15(12)19(11)10-16(20)18-14-7-6-13(9-14)17(21)22/h2-5,8,13-14H,6-7,9-10H2,1H3,(H,18,20)(H,21,22)/t13-,14+/m1/s1. The molecule has 5 nitrogen and oxygen atoms in total. The third-order valence-electron chi connectivity index (χ3n) is 4.47. The van der Waals surface area contributed by atoms with Gasteiger partial charge in [0.2, 0.25) is 5.91 Å². The van der Waals surface area contributed by atoms with Gasteiger partial charge in [-0.1, -0.05) is 18.2 Å². The molecular formula is C17H20N2O3. The largest absolute Gasteiger partial charge is 0.481 e. The average Bonchev–Trinajstić information content (AvgIpc) is 3.05.